The first kappa shape index (κ1) is 12.7. The van der Waals surface area contributed by atoms with Crippen molar-refractivity contribution in [2.75, 3.05) is 7.05 Å². The third kappa shape index (κ3) is 2.82. The van der Waals surface area contributed by atoms with Crippen LogP contribution in [-0.4, -0.2) is 34.0 Å². The van der Waals surface area contributed by atoms with E-state index in [9.17, 15) is 4.79 Å². The monoisotopic (exact) mass is 226 g/mol. The summed E-state index contributed by atoms with van der Waals surface area (Å²) >= 11 is 0. The third-order valence-electron chi connectivity index (χ3n) is 2.95. The molecule has 5 nitrogen and oxygen atoms in total. The van der Waals surface area contributed by atoms with Gasteiger partial charge in [-0.1, -0.05) is 0 Å². The van der Waals surface area contributed by atoms with Crippen molar-refractivity contribution in [2.24, 2.45) is 0 Å². The van der Waals surface area contributed by atoms with Crippen LogP contribution in [0.1, 0.15) is 37.8 Å². The number of carbonyl (C=O) groups is 1. The number of aliphatic carboxylic acids is 1. The normalized spacial score (nSPS) is 15.1. The number of aromatic nitrogens is 1. The summed E-state index contributed by atoms with van der Waals surface area (Å²) in [6.07, 6.45) is 1.54. The van der Waals surface area contributed by atoms with Gasteiger partial charge in [0.15, 0.2) is 6.39 Å². The Kier molecular flexibility index (Phi) is 4.06. The van der Waals surface area contributed by atoms with Crippen molar-refractivity contribution in [1.29, 1.82) is 0 Å². The van der Waals surface area contributed by atoms with Crippen LogP contribution in [0.3, 0.4) is 0 Å². The lowest BCUT2D eigenvalue weighted by atomic mass is 10.1. The van der Waals surface area contributed by atoms with Crippen LogP contribution in [0.4, 0.5) is 0 Å². The summed E-state index contributed by atoms with van der Waals surface area (Å²) in [6.45, 7) is 5.73. The van der Waals surface area contributed by atoms with Crippen LogP contribution in [-0.2, 0) is 4.79 Å². The minimum absolute atomic E-state index is 0.0383. The molecule has 0 spiro atoms. The van der Waals surface area contributed by atoms with Crippen LogP contribution in [0, 0.1) is 6.92 Å². The fourth-order valence-corrected chi connectivity index (χ4v) is 1.69. The molecule has 0 saturated heterocycles. The highest BCUT2D eigenvalue weighted by atomic mass is 16.4. The zero-order valence-electron chi connectivity index (χ0n) is 10.1. The Balaban J connectivity index is 2.70. The van der Waals surface area contributed by atoms with Gasteiger partial charge in [0.2, 0.25) is 0 Å². The smallest absolute Gasteiger partial charge is 0.304 e. The molecule has 2 unspecified atom stereocenters. The molecule has 0 aromatic carbocycles. The number of rotatable bonds is 5. The summed E-state index contributed by atoms with van der Waals surface area (Å²) in [7, 11) is 1.90. The van der Waals surface area contributed by atoms with Crippen LogP contribution in [0.25, 0.3) is 0 Å². The largest absolute Gasteiger partial charge is 0.481 e. The Morgan fingerprint density at radius 2 is 2.25 bits per heavy atom. The van der Waals surface area contributed by atoms with Gasteiger partial charge in [0.25, 0.3) is 0 Å². The number of aryl methyl sites for hydroxylation is 1. The van der Waals surface area contributed by atoms with Gasteiger partial charge in [0.1, 0.15) is 5.76 Å². The lowest BCUT2D eigenvalue weighted by molar-refractivity contribution is -0.138. The number of nitrogens with zero attached hydrogens (tertiary/aromatic N) is 2. The van der Waals surface area contributed by atoms with Gasteiger partial charge in [0, 0.05) is 6.04 Å². The lowest BCUT2D eigenvalue weighted by Gasteiger charge is -2.28. The molecule has 5 heteroatoms. The summed E-state index contributed by atoms with van der Waals surface area (Å²) in [6, 6.07) is 0.0108. The maximum Gasteiger partial charge on any atom is 0.304 e. The molecule has 0 aliphatic heterocycles. The summed E-state index contributed by atoms with van der Waals surface area (Å²) in [4.78, 5) is 16.8. The molecular formula is C11H18N2O3. The maximum atomic E-state index is 10.6. The molecule has 0 amide bonds. The van der Waals surface area contributed by atoms with E-state index in [0.29, 0.717) is 0 Å². The predicted octanol–water partition coefficient (Wildman–Crippen LogP) is 1.84. The van der Waals surface area contributed by atoms with Gasteiger partial charge >= 0.3 is 5.97 Å². The minimum Gasteiger partial charge on any atom is -0.481 e. The zero-order chi connectivity index (χ0) is 12.3. The van der Waals surface area contributed by atoms with Crippen molar-refractivity contribution in [1.82, 2.24) is 9.88 Å². The topological polar surface area (TPSA) is 66.6 Å². The van der Waals surface area contributed by atoms with Crippen LogP contribution in [0.2, 0.25) is 0 Å². The number of hydrogen-bond acceptors (Lipinski definition) is 4. The first-order valence-electron chi connectivity index (χ1n) is 5.27. The molecule has 1 aromatic heterocycles. The van der Waals surface area contributed by atoms with Crippen LogP contribution < -0.4 is 0 Å². The number of hydrogen-bond donors (Lipinski definition) is 1. The van der Waals surface area contributed by atoms with E-state index in [0.717, 1.165) is 11.5 Å². The van der Waals surface area contributed by atoms with Crippen molar-refractivity contribution in [3.05, 3.63) is 17.8 Å². The molecule has 1 aromatic rings. The van der Waals surface area contributed by atoms with Gasteiger partial charge in [0.05, 0.1) is 18.2 Å². The van der Waals surface area contributed by atoms with E-state index in [4.69, 9.17) is 9.52 Å². The van der Waals surface area contributed by atoms with Gasteiger partial charge in [-0.3, -0.25) is 9.69 Å². The fourth-order valence-electron chi connectivity index (χ4n) is 1.69. The van der Waals surface area contributed by atoms with Crippen molar-refractivity contribution in [2.45, 2.75) is 39.3 Å². The summed E-state index contributed by atoms with van der Waals surface area (Å²) in [5.74, 6) is -0.00898. The van der Waals surface area contributed by atoms with Crippen molar-refractivity contribution in [3.63, 3.8) is 0 Å². The van der Waals surface area contributed by atoms with Crippen molar-refractivity contribution in [3.8, 4) is 0 Å². The maximum absolute atomic E-state index is 10.6. The first-order chi connectivity index (χ1) is 7.43. The molecule has 0 saturated carbocycles. The number of carboxylic acids is 1. The summed E-state index contributed by atoms with van der Waals surface area (Å²) < 4.78 is 5.14. The molecule has 1 heterocycles. The zero-order valence-corrected chi connectivity index (χ0v) is 10.1. The van der Waals surface area contributed by atoms with Gasteiger partial charge in [-0.15, -0.1) is 0 Å². The molecule has 0 aliphatic carbocycles. The van der Waals surface area contributed by atoms with E-state index < -0.39 is 5.97 Å². The second-order valence-corrected chi connectivity index (χ2v) is 4.08. The summed E-state index contributed by atoms with van der Waals surface area (Å²) in [5, 5.41) is 8.74. The van der Waals surface area contributed by atoms with Crippen molar-refractivity contribution >= 4 is 5.97 Å². The van der Waals surface area contributed by atoms with Gasteiger partial charge in [-0.2, -0.15) is 0 Å². The second-order valence-electron chi connectivity index (χ2n) is 4.08. The van der Waals surface area contributed by atoms with Gasteiger partial charge in [-0.05, 0) is 27.8 Å². The van der Waals surface area contributed by atoms with Crippen molar-refractivity contribution < 1.29 is 14.3 Å². The Hall–Kier alpha value is -1.36. The molecular weight excluding hydrogens is 208 g/mol. The van der Waals surface area contributed by atoms with Crippen LogP contribution in [0.15, 0.2) is 10.8 Å². The van der Waals surface area contributed by atoms with E-state index in [-0.39, 0.29) is 18.5 Å². The van der Waals surface area contributed by atoms with E-state index in [1.54, 1.807) is 0 Å². The van der Waals surface area contributed by atoms with Crippen LogP contribution >= 0.6 is 0 Å². The highest BCUT2D eigenvalue weighted by Crippen LogP contribution is 2.23. The first-order valence-corrected chi connectivity index (χ1v) is 5.27. The average molecular weight is 226 g/mol. The lowest BCUT2D eigenvalue weighted by Crippen LogP contribution is -2.33. The highest BCUT2D eigenvalue weighted by molar-refractivity contribution is 5.67. The fraction of sp³-hybridized carbons (Fsp3) is 0.636. The van der Waals surface area contributed by atoms with E-state index >= 15 is 0 Å². The molecule has 0 fully saturated rings. The van der Waals surface area contributed by atoms with Gasteiger partial charge in [-0.25, -0.2) is 4.98 Å². The van der Waals surface area contributed by atoms with Gasteiger partial charge < -0.3 is 9.52 Å². The molecule has 0 aliphatic rings. The van der Waals surface area contributed by atoms with E-state index in [1.807, 2.05) is 32.7 Å². The second kappa shape index (κ2) is 5.12. The molecule has 1 N–H and O–H groups in total. The third-order valence-corrected chi connectivity index (χ3v) is 2.95. The predicted molar refractivity (Wildman–Crippen MR) is 59.1 cm³/mol. The Morgan fingerprint density at radius 1 is 1.62 bits per heavy atom. The highest BCUT2D eigenvalue weighted by Gasteiger charge is 2.22. The summed E-state index contributed by atoms with van der Waals surface area (Å²) in [5.41, 5.74) is 0.861. The molecule has 1 rings (SSSR count). The molecule has 0 bridgehead atoms. The number of oxazole rings is 1. The Labute approximate surface area is 95.1 Å². The van der Waals surface area contributed by atoms with Crippen LogP contribution in [0.5, 0.6) is 0 Å². The molecule has 16 heavy (non-hydrogen) atoms. The minimum atomic E-state index is -0.788. The number of carboxylic acid groups (broad SMARTS) is 1. The Morgan fingerprint density at radius 3 is 2.69 bits per heavy atom. The van der Waals surface area contributed by atoms with E-state index in [1.165, 1.54) is 6.39 Å². The quantitative estimate of drug-likeness (QED) is 0.829. The average Bonchev–Trinajstić information content (AvgIpc) is 2.61. The molecule has 90 valence electrons. The molecule has 0 radical (unpaired) electrons. The van der Waals surface area contributed by atoms with E-state index in [2.05, 4.69) is 4.98 Å². The Bertz CT molecular complexity index is 362. The SMILES string of the molecule is Cc1ocnc1C(C)N(C)C(C)CC(=O)O. The molecule has 2 atom stereocenters. The standard InChI is InChI=1S/C11H18N2O3/c1-7(5-10(14)15)13(4)8(2)11-9(3)16-6-12-11/h6-8H,5H2,1-4H3,(H,14,15).